The molecule has 0 aromatic carbocycles. The normalized spacial score (nSPS) is 28.8. The lowest BCUT2D eigenvalue weighted by molar-refractivity contribution is -0.137. The van der Waals surface area contributed by atoms with Gasteiger partial charge in [-0.3, -0.25) is 4.90 Å². The minimum Gasteiger partial charge on any atom is -0.472 e. The predicted molar refractivity (Wildman–Crippen MR) is 170 cm³/mol. The van der Waals surface area contributed by atoms with Gasteiger partial charge in [0.25, 0.3) is 0 Å². The zero-order chi connectivity index (χ0) is 34.5. The third-order valence-electron chi connectivity index (χ3n) is 10.8. The first-order chi connectivity index (χ1) is 23.3. The zero-order valence-electron chi connectivity index (χ0n) is 27.5. The maximum absolute atomic E-state index is 16.8. The Balaban J connectivity index is 1.22. The van der Waals surface area contributed by atoms with Crippen LogP contribution < -0.4 is 25.4 Å². The summed E-state index contributed by atoms with van der Waals surface area (Å²) in [5, 5.41) is 3.81. The summed E-state index contributed by atoms with van der Waals surface area (Å²) in [7, 11) is 1.49. The average Bonchev–Trinajstić information content (AvgIpc) is 3.58. The minimum atomic E-state index is -4.87. The molecule has 1 unspecified atom stereocenters. The molecule has 0 spiro atoms. The molecule has 264 valence electrons. The van der Waals surface area contributed by atoms with Gasteiger partial charge in [-0.05, 0) is 52.0 Å². The van der Waals surface area contributed by atoms with E-state index in [-0.39, 0.29) is 71.9 Å². The number of hydrogen-bond donors (Lipinski definition) is 2. The Morgan fingerprint density at radius 3 is 2.65 bits per heavy atom. The van der Waals surface area contributed by atoms with E-state index in [1.165, 1.54) is 14.0 Å². The number of ether oxygens (including phenoxy) is 3. The smallest absolute Gasteiger partial charge is 0.418 e. The highest BCUT2D eigenvalue weighted by atomic mass is 19.4. The molecule has 3 saturated heterocycles. The number of piperazine rings is 1. The van der Waals surface area contributed by atoms with Gasteiger partial charge in [-0.2, -0.15) is 23.1 Å². The molecule has 3 aromatic heterocycles. The standard InChI is InChI=1S/C33H39F5N8O3/c1-16-23(33(36,37)38)19(10-21(39)40-16)25-24(34)26-22-28(46-11-18-4-5-20(41-18)27(46)17(2)49-29(22)42-25)44-30(43-26)48-14-31(6-7-31)12-45-9-8-32(35,13-45)15-47-3/h10,17-18,20,27,41H,4-9,11-15H2,1-3H3,(H2,39,40)/t17-,18+,20-,27+,32?/m0/s1. The van der Waals surface area contributed by atoms with Crippen molar-refractivity contribution in [2.45, 2.75) is 82.0 Å². The number of nitrogen functional groups attached to an aromatic ring is 1. The predicted octanol–water partition coefficient (Wildman–Crippen LogP) is 4.44. The molecule has 3 aromatic rings. The number of nitrogens with zero attached hydrogens (tertiary/aromatic N) is 6. The van der Waals surface area contributed by atoms with Crippen LogP contribution in [0.4, 0.5) is 33.6 Å². The summed E-state index contributed by atoms with van der Waals surface area (Å²) in [5.41, 5.74) is 1.27. The van der Waals surface area contributed by atoms with Crippen molar-refractivity contribution >= 4 is 22.5 Å². The molecule has 5 atom stereocenters. The van der Waals surface area contributed by atoms with E-state index in [9.17, 15) is 13.2 Å². The zero-order valence-corrected chi connectivity index (χ0v) is 27.5. The van der Waals surface area contributed by atoms with Gasteiger partial charge in [0.1, 0.15) is 40.0 Å². The number of nitrogens with one attached hydrogen (secondary N) is 1. The van der Waals surface area contributed by atoms with Crippen LogP contribution in [0, 0.1) is 18.2 Å². The Morgan fingerprint density at radius 1 is 1.12 bits per heavy atom. The number of likely N-dealkylation sites (tertiary alicyclic amines) is 1. The average molecular weight is 691 g/mol. The van der Waals surface area contributed by atoms with Crippen LogP contribution >= 0.6 is 0 Å². The SMILES string of the molecule is COCC1(F)CCN(CC2(COc3nc4c5c(nc(-c6cc(N)nc(C)c6C(F)(F)F)c(F)c5n3)O[C@@H](C)[C@@H]3[C@@H]5CC[C@H](CN43)N5)CC2)C1. The molecular formula is C33H39F5N8O3. The summed E-state index contributed by atoms with van der Waals surface area (Å²) in [6.45, 7) is 5.35. The quantitative estimate of drug-likeness (QED) is 0.326. The van der Waals surface area contributed by atoms with Crippen LogP contribution in [0.3, 0.4) is 0 Å². The Bertz CT molecular complexity index is 1810. The first kappa shape index (κ1) is 32.6. The van der Waals surface area contributed by atoms with Crippen molar-refractivity contribution in [3.8, 4) is 23.1 Å². The number of nitrogens with two attached hydrogens (primary N) is 1. The van der Waals surface area contributed by atoms with Gasteiger partial charge in [0.15, 0.2) is 5.82 Å². The fraction of sp³-hybridized carbons (Fsp3) is 0.636. The van der Waals surface area contributed by atoms with Gasteiger partial charge in [-0.25, -0.2) is 18.7 Å². The topological polar surface area (TPSA) is 124 Å². The number of aryl methyl sites for hydroxylation is 1. The van der Waals surface area contributed by atoms with Crippen LogP contribution in [0.15, 0.2) is 6.07 Å². The van der Waals surface area contributed by atoms with Gasteiger partial charge in [0, 0.05) is 56.4 Å². The lowest BCUT2D eigenvalue weighted by Gasteiger charge is -2.42. The van der Waals surface area contributed by atoms with Gasteiger partial charge >= 0.3 is 12.2 Å². The molecule has 3 N–H and O–H groups in total. The second-order valence-corrected chi connectivity index (χ2v) is 14.5. The van der Waals surface area contributed by atoms with Gasteiger partial charge in [0.2, 0.25) is 5.88 Å². The summed E-state index contributed by atoms with van der Waals surface area (Å²) in [4.78, 5) is 21.7. The van der Waals surface area contributed by atoms with Crippen molar-refractivity contribution < 1.29 is 36.2 Å². The lowest BCUT2D eigenvalue weighted by atomic mass is 9.99. The number of fused-ring (bicyclic) bond motifs is 5. The third kappa shape index (κ3) is 5.68. The molecule has 1 saturated carbocycles. The highest BCUT2D eigenvalue weighted by molar-refractivity contribution is 5.97. The molecule has 2 bridgehead atoms. The van der Waals surface area contributed by atoms with Crippen molar-refractivity contribution in [1.29, 1.82) is 0 Å². The van der Waals surface area contributed by atoms with E-state index in [4.69, 9.17) is 24.9 Å². The molecule has 11 nitrogen and oxygen atoms in total. The first-order valence-corrected chi connectivity index (χ1v) is 16.7. The molecule has 4 aliphatic heterocycles. The van der Waals surface area contributed by atoms with Gasteiger partial charge in [0.05, 0.1) is 30.5 Å². The molecule has 4 fully saturated rings. The van der Waals surface area contributed by atoms with Gasteiger partial charge in [-0.15, -0.1) is 0 Å². The first-order valence-electron chi connectivity index (χ1n) is 16.7. The summed E-state index contributed by atoms with van der Waals surface area (Å²) in [6.07, 6.45) is -1.40. The van der Waals surface area contributed by atoms with Crippen molar-refractivity contribution in [3.63, 3.8) is 0 Å². The summed E-state index contributed by atoms with van der Waals surface area (Å²) in [5.74, 6) is -0.988. The van der Waals surface area contributed by atoms with Gasteiger partial charge < -0.3 is 30.2 Å². The molecule has 8 rings (SSSR count). The molecule has 0 radical (unpaired) electrons. The van der Waals surface area contributed by atoms with Crippen molar-refractivity contribution in [2.24, 2.45) is 5.41 Å². The molecule has 1 aliphatic carbocycles. The van der Waals surface area contributed by atoms with Crippen LogP contribution in [0.2, 0.25) is 0 Å². The second-order valence-electron chi connectivity index (χ2n) is 14.5. The summed E-state index contributed by atoms with van der Waals surface area (Å²) < 4.78 is 92.8. The van der Waals surface area contributed by atoms with E-state index in [0.717, 1.165) is 31.7 Å². The van der Waals surface area contributed by atoms with E-state index in [1.807, 2.05) is 6.92 Å². The molecule has 7 heterocycles. The highest BCUT2D eigenvalue weighted by Crippen LogP contribution is 2.49. The largest absolute Gasteiger partial charge is 0.472 e. The number of rotatable bonds is 8. The van der Waals surface area contributed by atoms with E-state index in [2.05, 4.69) is 30.1 Å². The van der Waals surface area contributed by atoms with E-state index in [0.29, 0.717) is 31.9 Å². The summed E-state index contributed by atoms with van der Waals surface area (Å²) >= 11 is 0. The maximum Gasteiger partial charge on any atom is 0.418 e. The second kappa shape index (κ2) is 11.5. The Morgan fingerprint density at radius 2 is 1.92 bits per heavy atom. The van der Waals surface area contributed by atoms with Crippen LogP contribution in [0.5, 0.6) is 11.9 Å². The minimum absolute atomic E-state index is 0.0400. The van der Waals surface area contributed by atoms with Gasteiger partial charge in [-0.1, -0.05) is 0 Å². The van der Waals surface area contributed by atoms with Crippen molar-refractivity contribution in [1.82, 2.24) is 30.2 Å². The highest BCUT2D eigenvalue weighted by Gasteiger charge is 2.50. The number of alkyl halides is 4. The van der Waals surface area contributed by atoms with E-state index in [1.54, 1.807) is 0 Å². The number of hydrogen-bond acceptors (Lipinski definition) is 11. The Kier molecular flexibility index (Phi) is 7.61. The van der Waals surface area contributed by atoms with Crippen LogP contribution in [0.25, 0.3) is 22.2 Å². The van der Waals surface area contributed by atoms with Crippen LogP contribution in [-0.2, 0) is 10.9 Å². The number of halogens is 5. The van der Waals surface area contributed by atoms with Crippen LogP contribution in [-0.4, -0.2) is 101 Å². The molecule has 5 aliphatic rings. The molecule has 0 amide bonds. The fourth-order valence-corrected chi connectivity index (χ4v) is 8.42. The number of methoxy groups -OCH3 is 1. The Labute approximate surface area is 279 Å². The van der Waals surface area contributed by atoms with Crippen molar-refractivity contribution in [3.05, 3.63) is 23.1 Å². The fourth-order valence-electron chi connectivity index (χ4n) is 8.42. The number of anilines is 2. The lowest BCUT2D eigenvalue weighted by Crippen LogP contribution is -2.62. The van der Waals surface area contributed by atoms with E-state index < -0.39 is 46.3 Å². The van der Waals surface area contributed by atoms with E-state index >= 15 is 8.78 Å². The molecular weight excluding hydrogens is 651 g/mol. The maximum atomic E-state index is 16.8. The number of pyridine rings is 2. The Hall–Kier alpha value is -3.63. The molecule has 49 heavy (non-hydrogen) atoms. The van der Waals surface area contributed by atoms with Crippen molar-refractivity contribution in [2.75, 3.05) is 57.1 Å². The monoisotopic (exact) mass is 690 g/mol. The molecule has 16 heteroatoms. The van der Waals surface area contributed by atoms with Crippen LogP contribution in [0.1, 0.15) is 50.3 Å². The number of aromatic nitrogens is 4. The third-order valence-corrected chi connectivity index (χ3v) is 10.8. The summed E-state index contributed by atoms with van der Waals surface area (Å²) in [6, 6.07) is 0.885.